The first-order chi connectivity index (χ1) is 7.76. The molecule has 0 aliphatic carbocycles. The van der Waals surface area contributed by atoms with Crippen LogP contribution < -0.4 is 5.32 Å². The molecule has 0 aromatic carbocycles. The van der Waals surface area contributed by atoms with Gasteiger partial charge in [0, 0.05) is 19.3 Å². The Morgan fingerprint density at radius 2 is 2.25 bits per heavy atom. The molecule has 0 saturated heterocycles. The average Bonchev–Trinajstić information content (AvgIpc) is 2.72. The van der Waals surface area contributed by atoms with E-state index in [0.29, 0.717) is 0 Å². The molecule has 16 heavy (non-hydrogen) atoms. The second-order valence-corrected chi connectivity index (χ2v) is 4.16. The van der Waals surface area contributed by atoms with Crippen LogP contribution in [0.5, 0.6) is 0 Å². The van der Waals surface area contributed by atoms with E-state index in [0.717, 1.165) is 31.9 Å². The van der Waals surface area contributed by atoms with Gasteiger partial charge in [0.25, 0.3) is 0 Å². The fraction of sp³-hybridized carbons (Fsp3) is 0.818. The Morgan fingerprint density at radius 1 is 1.44 bits per heavy atom. The van der Waals surface area contributed by atoms with Crippen molar-refractivity contribution in [2.75, 3.05) is 27.2 Å². The second kappa shape index (κ2) is 7.35. The molecule has 0 aliphatic rings. The maximum atomic E-state index is 4.09. The third-order valence-electron chi connectivity index (χ3n) is 2.55. The van der Waals surface area contributed by atoms with E-state index in [1.807, 2.05) is 17.9 Å². The van der Waals surface area contributed by atoms with Crippen LogP contribution in [0.15, 0.2) is 6.20 Å². The van der Waals surface area contributed by atoms with Crippen LogP contribution in [0.25, 0.3) is 0 Å². The lowest BCUT2D eigenvalue weighted by atomic mass is 10.3. The van der Waals surface area contributed by atoms with E-state index in [2.05, 4.69) is 34.5 Å². The van der Waals surface area contributed by atoms with Crippen molar-refractivity contribution >= 4 is 0 Å². The van der Waals surface area contributed by atoms with Gasteiger partial charge in [-0.1, -0.05) is 18.6 Å². The molecule has 5 heteroatoms. The number of aromatic nitrogens is 3. The molecule has 1 aromatic heterocycles. The minimum atomic E-state index is 0.783. The second-order valence-electron chi connectivity index (χ2n) is 4.16. The summed E-state index contributed by atoms with van der Waals surface area (Å²) in [7, 11) is 4.07. The van der Waals surface area contributed by atoms with E-state index < -0.39 is 0 Å². The van der Waals surface area contributed by atoms with Gasteiger partial charge in [-0.25, -0.2) is 0 Å². The first-order valence-electron chi connectivity index (χ1n) is 5.98. The molecule has 0 atom stereocenters. The first-order valence-corrected chi connectivity index (χ1v) is 5.98. The molecule has 0 bridgehead atoms. The molecule has 5 nitrogen and oxygen atoms in total. The lowest BCUT2D eigenvalue weighted by Crippen LogP contribution is -2.24. The molecule has 0 saturated carbocycles. The zero-order valence-corrected chi connectivity index (χ0v) is 10.6. The lowest BCUT2D eigenvalue weighted by molar-refractivity contribution is 0.306. The van der Waals surface area contributed by atoms with Gasteiger partial charge < -0.3 is 10.2 Å². The highest BCUT2D eigenvalue weighted by Gasteiger charge is 2.01. The molecule has 0 fully saturated rings. The van der Waals surface area contributed by atoms with Crippen LogP contribution >= 0.6 is 0 Å². The molecule has 1 N–H and O–H groups in total. The normalized spacial score (nSPS) is 11.2. The molecule has 0 unspecified atom stereocenters. The van der Waals surface area contributed by atoms with E-state index in [9.17, 15) is 0 Å². The van der Waals surface area contributed by atoms with Gasteiger partial charge in [-0.2, -0.15) is 0 Å². The highest BCUT2D eigenvalue weighted by Crippen LogP contribution is 1.95. The lowest BCUT2D eigenvalue weighted by Gasteiger charge is -2.15. The van der Waals surface area contributed by atoms with Gasteiger partial charge in [0.15, 0.2) is 0 Å². The summed E-state index contributed by atoms with van der Waals surface area (Å²) in [6, 6.07) is 0. The van der Waals surface area contributed by atoms with Crippen LogP contribution in [-0.4, -0.2) is 47.1 Å². The van der Waals surface area contributed by atoms with Gasteiger partial charge >= 0.3 is 0 Å². The van der Waals surface area contributed by atoms with Gasteiger partial charge in [-0.05, 0) is 27.1 Å². The van der Waals surface area contributed by atoms with Crippen LogP contribution in [0.1, 0.15) is 25.5 Å². The number of likely N-dealkylation sites (N-methyl/N-ethyl adjacent to an activating group) is 1. The Balaban J connectivity index is 2.25. The zero-order valence-electron chi connectivity index (χ0n) is 10.6. The van der Waals surface area contributed by atoms with Crippen molar-refractivity contribution in [1.29, 1.82) is 0 Å². The van der Waals surface area contributed by atoms with E-state index in [1.165, 1.54) is 12.8 Å². The van der Waals surface area contributed by atoms with Crippen molar-refractivity contribution in [3.63, 3.8) is 0 Å². The minimum absolute atomic E-state index is 0.783. The van der Waals surface area contributed by atoms with Gasteiger partial charge in [0.1, 0.15) is 0 Å². The minimum Gasteiger partial charge on any atom is -0.314 e. The summed E-state index contributed by atoms with van der Waals surface area (Å²) in [5, 5.41) is 11.2. The summed E-state index contributed by atoms with van der Waals surface area (Å²) in [6.45, 7) is 6.11. The predicted molar refractivity (Wildman–Crippen MR) is 65.2 cm³/mol. The molecule has 1 rings (SSSR count). The van der Waals surface area contributed by atoms with Gasteiger partial charge in [-0.15, -0.1) is 5.10 Å². The average molecular weight is 225 g/mol. The first kappa shape index (κ1) is 13.1. The summed E-state index contributed by atoms with van der Waals surface area (Å²) in [6.07, 6.45) is 4.52. The molecular weight excluding hydrogens is 202 g/mol. The van der Waals surface area contributed by atoms with Crippen LogP contribution in [0.4, 0.5) is 0 Å². The number of hydrogen-bond donors (Lipinski definition) is 1. The third-order valence-corrected chi connectivity index (χ3v) is 2.55. The summed E-state index contributed by atoms with van der Waals surface area (Å²) < 4.78 is 1.91. The molecule has 0 aliphatic heterocycles. The molecule has 0 amide bonds. The SMILES string of the molecule is CCCCN(C)CCn1cc(CNC)nn1. The number of hydrogen-bond acceptors (Lipinski definition) is 4. The number of nitrogens with one attached hydrogen (secondary N) is 1. The van der Waals surface area contributed by atoms with Crippen LogP contribution in [0, 0.1) is 0 Å². The summed E-state index contributed by atoms with van der Waals surface area (Å²) in [5.41, 5.74) is 0.999. The summed E-state index contributed by atoms with van der Waals surface area (Å²) in [5.74, 6) is 0. The van der Waals surface area contributed by atoms with Gasteiger partial charge in [0.2, 0.25) is 0 Å². The highest BCUT2D eigenvalue weighted by atomic mass is 15.4. The fourth-order valence-corrected chi connectivity index (χ4v) is 1.52. The maximum absolute atomic E-state index is 4.09. The molecule has 1 heterocycles. The van der Waals surface area contributed by atoms with E-state index in [1.54, 1.807) is 0 Å². The van der Waals surface area contributed by atoms with E-state index in [4.69, 9.17) is 0 Å². The molecule has 0 radical (unpaired) electrons. The maximum Gasteiger partial charge on any atom is 0.0964 e. The van der Waals surface area contributed by atoms with Gasteiger partial charge in [-0.3, -0.25) is 4.68 Å². The number of nitrogens with zero attached hydrogens (tertiary/aromatic N) is 4. The Labute approximate surface area is 97.8 Å². The highest BCUT2D eigenvalue weighted by molar-refractivity contribution is 4.90. The Morgan fingerprint density at radius 3 is 2.94 bits per heavy atom. The third kappa shape index (κ3) is 4.72. The Bertz CT molecular complexity index is 284. The zero-order chi connectivity index (χ0) is 11.8. The quantitative estimate of drug-likeness (QED) is 0.708. The summed E-state index contributed by atoms with van der Waals surface area (Å²) >= 11 is 0. The van der Waals surface area contributed by atoms with Crippen molar-refractivity contribution in [3.8, 4) is 0 Å². The molecule has 1 aromatic rings. The van der Waals surface area contributed by atoms with Crippen molar-refractivity contribution < 1.29 is 0 Å². The monoisotopic (exact) mass is 225 g/mol. The van der Waals surface area contributed by atoms with Crippen molar-refractivity contribution in [2.45, 2.75) is 32.9 Å². The predicted octanol–water partition coefficient (Wildman–Crippen LogP) is 0.729. The van der Waals surface area contributed by atoms with Crippen LogP contribution in [0.2, 0.25) is 0 Å². The topological polar surface area (TPSA) is 46.0 Å². The Hall–Kier alpha value is -0.940. The smallest absolute Gasteiger partial charge is 0.0964 e. The van der Waals surface area contributed by atoms with Crippen molar-refractivity contribution in [1.82, 2.24) is 25.2 Å². The number of rotatable bonds is 8. The molecular formula is C11H23N5. The Kier molecular flexibility index (Phi) is 6.03. The number of unbranched alkanes of at least 4 members (excludes halogenated alkanes) is 1. The van der Waals surface area contributed by atoms with Crippen LogP contribution in [-0.2, 0) is 13.1 Å². The summed E-state index contributed by atoms with van der Waals surface area (Å²) in [4.78, 5) is 2.34. The van der Waals surface area contributed by atoms with Crippen molar-refractivity contribution in [2.24, 2.45) is 0 Å². The van der Waals surface area contributed by atoms with E-state index in [-0.39, 0.29) is 0 Å². The fourth-order valence-electron chi connectivity index (χ4n) is 1.52. The molecule has 92 valence electrons. The van der Waals surface area contributed by atoms with Gasteiger partial charge in [0.05, 0.1) is 12.2 Å². The molecule has 0 spiro atoms. The standard InChI is InChI=1S/C11H23N5/c1-4-5-6-15(3)7-8-16-10-11(9-12-2)13-14-16/h10,12H,4-9H2,1-3H3. The van der Waals surface area contributed by atoms with Crippen molar-refractivity contribution in [3.05, 3.63) is 11.9 Å². The largest absolute Gasteiger partial charge is 0.314 e. The van der Waals surface area contributed by atoms with E-state index >= 15 is 0 Å². The van der Waals surface area contributed by atoms with Crippen LogP contribution in [0.3, 0.4) is 0 Å².